The molecule has 0 bridgehead atoms. The number of hydrogen-bond acceptors (Lipinski definition) is 1. The van der Waals surface area contributed by atoms with Gasteiger partial charge < -0.3 is 5.73 Å². The molecule has 0 aromatic heterocycles. The topological polar surface area (TPSA) is 26.0 Å². The number of halogens is 3. The van der Waals surface area contributed by atoms with Crippen LogP contribution in [0.1, 0.15) is 5.56 Å². The highest BCUT2D eigenvalue weighted by molar-refractivity contribution is 6.32. The van der Waals surface area contributed by atoms with E-state index in [-0.39, 0.29) is 11.2 Å². The Labute approximate surface area is 68.8 Å². The minimum atomic E-state index is -4.43. The molecule has 12 heavy (non-hydrogen) atoms. The molecule has 0 saturated heterocycles. The predicted molar refractivity (Wildman–Crippen MR) is 41.2 cm³/mol. The Balaban J connectivity index is 3.23. The van der Waals surface area contributed by atoms with Crippen LogP contribution in [0.3, 0.4) is 0 Å². The third kappa shape index (κ3) is 1.72. The van der Waals surface area contributed by atoms with Crippen molar-refractivity contribution in [2.75, 3.05) is 5.73 Å². The molecule has 0 atom stereocenters. The summed E-state index contributed by atoms with van der Waals surface area (Å²) in [4.78, 5) is 0. The molecule has 2 radical (unpaired) electrons. The van der Waals surface area contributed by atoms with Crippen molar-refractivity contribution < 1.29 is 13.2 Å². The smallest absolute Gasteiger partial charge is 0.398 e. The summed E-state index contributed by atoms with van der Waals surface area (Å²) in [5.74, 6) is 0. The van der Waals surface area contributed by atoms with Crippen molar-refractivity contribution >= 4 is 19.0 Å². The number of hydrogen-bond donors (Lipinski definition) is 1. The highest BCUT2D eigenvalue weighted by atomic mass is 19.4. The monoisotopic (exact) mass is 171 g/mol. The van der Waals surface area contributed by atoms with E-state index >= 15 is 0 Å². The minimum absolute atomic E-state index is 0.0523. The fraction of sp³-hybridized carbons (Fsp3) is 0.143. The predicted octanol–water partition coefficient (Wildman–Crippen LogP) is 1.08. The van der Waals surface area contributed by atoms with E-state index in [2.05, 4.69) is 0 Å². The van der Waals surface area contributed by atoms with E-state index in [1.807, 2.05) is 0 Å². The van der Waals surface area contributed by atoms with Crippen LogP contribution in [0.4, 0.5) is 18.9 Å². The Morgan fingerprint density at radius 2 is 1.83 bits per heavy atom. The van der Waals surface area contributed by atoms with Gasteiger partial charge in [0.25, 0.3) is 0 Å². The normalized spacial score (nSPS) is 11.6. The van der Waals surface area contributed by atoms with E-state index in [4.69, 9.17) is 13.6 Å². The van der Waals surface area contributed by atoms with Crippen LogP contribution in [0.25, 0.3) is 0 Å². The van der Waals surface area contributed by atoms with Gasteiger partial charge in [0.15, 0.2) is 0 Å². The number of alkyl halides is 3. The van der Waals surface area contributed by atoms with E-state index in [1.54, 1.807) is 0 Å². The molecule has 1 aromatic rings. The van der Waals surface area contributed by atoms with Crippen LogP contribution in [0.15, 0.2) is 18.2 Å². The van der Waals surface area contributed by atoms with E-state index in [0.717, 1.165) is 12.1 Å². The standard InChI is InChI=1S/C7H5BF3N/c8-4-1-2-6(12)5(3-4)7(9,10)11/h1-3H,12H2. The van der Waals surface area contributed by atoms with Crippen molar-refractivity contribution in [3.8, 4) is 0 Å². The van der Waals surface area contributed by atoms with Crippen LogP contribution in [0.5, 0.6) is 0 Å². The Morgan fingerprint density at radius 3 is 2.25 bits per heavy atom. The highest BCUT2D eigenvalue weighted by Gasteiger charge is 2.32. The summed E-state index contributed by atoms with van der Waals surface area (Å²) in [7, 11) is 5.17. The van der Waals surface area contributed by atoms with Crippen LogP contribution in [0.2, 0.25) is 0 Å². The third-order valence-electron chi connectivity index (χ3n) is 1.38. The Kier molecular flexibility index (Phi) is 2.04. The Hall–Kier alpha value is -1.13. The fourth-order valence-corrected chi connectivity index (χ4v) is 0.819. The summed E-state index contributed by atoms with van der Waals surface area (Å²) in [5.41, 5.74) is 3.96. The van der Waals surface area contributed by atoms with E-state index < -0.39 is 11.7 Å². The first-order chi connectivity index (χ1) is 5.41. The number of anilines is 1. The molecule has 1 nitrogen and oxygen atoms in total. The third-order valence-corrected chi connectivity index (χ3v) is 1.38. The SMILES string of the molecule is [B]c1ccc(N)c(C(F)(F)F)c1. The zero-order valence-electron chi connectivity index (χ0n) is 6.02. The molecule has 0 fully saturated rings. The number of rotatable bonds is 0. The van der Waals surface area contributed by atoms with Crippen molar-refractivity contribution in [1.29, 1.82) is 0 Å². The van der Waals surface area contributed by atoms with Gasteiger partial charge in [0, 0.05) is 5.69 Å². The average Bonchev–Trinajstić information content (AvgIpc) is 1.92. The highest BCUT2D eigenvalue weighted by Crippen LogP contribution is 2.32. The molecule has 0 heterocycles. The quantitative estimate of drug-likeness (QED) is 0.458. The first-order valence-corrected chi connectivity index (χ1v) is 3.13. The van der Waals surface area contributed by atoms with Crippen molar-refractivity contribution in [3.63, 3.8) is 0 Å². The second kappa shape index (κ2) is 2.73. The summed E-state index contributed by atoms with van der Waals surface area (Å²) in [6, 6.07) is 3.28. The van der Waals surface area contributed by atoms with Gasteiger partial charge in [-0.25, -0.2) is 0 Å². The molecule has 0 spiro atoms. The van der Waals surface area contributed by atoms with E-state index in [1.165, 1.54) is 6.07 Å². The molecule has 0 aliphatic carbocycles. The van der Waals surface area contributed by atoms with Crippen molar-refractivity contribution in [3.05, 3.63) is 23.8 Å². The molecule has 1 aromatic carbocycles. The second-order valence-electron chi connectivity index (χ2n) is 2.34. The lowest BCUT2D eigenvalue weighted by Gasteiger charge is -2.09. The summed E-state index contributed by atoms with van der Waals surface area (Å²) in [5, 5.41) is 0. The number of benzene rings is 1. The lowest BCUT2D eigenvalue weighted by molar-refractivity contribution is -0.136. The van der Waals surface area contributed by atoms with Gasteiger partial charge in [0.05, 0.1) is 5.56 Å². The van der Waals surface area contributed by atoms with Crippen LogP contribution in [0, 0.1) is 0 Å². The van der Waals surface area contributed by atoms with Crippen molar-refractivity contribution in [2.45, 2.75) is 6.18 Å². The van der Waals surface area contributed by atoms with Crippen LogP contribution >= 0.6 is 0 Å². The molecule has 0 aliphatic heterocycles. The summed E-state index contributed by atoms with van der Waals surface area (Å²) < 4.78 is 36.3. The first-order valence-electron chi connectivity index (χ1n) is 3.13. The summed E-state index contributed by atoms with van der Waals surface area (Å²) in [6.07, 6.45) is -4.43. The summed E-state index contributed by atoms with van der Waals surface area (Å²) in [6.45, 7) is 0. The Bertz CT molecular complexity index is 295. The van der Waals surface area contributed by atoms with Gasteiger partial charge in [-0.3, -0.25) is 0 Å². The van der Waals surface area contributed by atoms with Gasteiger partial charge in [0.1, 0.15) is 7.85 Å². The van der Waals surface area contributed by atoms with Crippen LogP contribution < -0.4 is 11.2 Å². The van der Waals surface area contributed by atoms with Gasteiger partial charge in [0.2, 0.25) is 0 Å². The molecular formula is C7H5BF3N. The molecule has 0 amide bonds. The summed E-state index contributed by atoms with van der Waals surface area (Å²) >= 11 is 0. The fourth-order valence-electron chi connectivity index (χ4n) is 0.819. The number of nitrogens with two attached hydrogens (primary N) is 1. The molecule has 0 aliphatic rings. The van der Waals surface area contributed by atoms with Gasteiger partial charge in [-0.1, -0.05) is 17.6 Å². The van der Waals surface area contributed by atoms with Gasteiger partial charge in [-0.2, -0.15) is 13.2 Å². The average molecular weight is 171 g/mol. The molecule has 1 rings (SSSR count). The zero-order chi connectivity index (χ0) is 9.35. The molecule has 62 valence electrons. The van der Waals surface area contributed by atoms with E-state index in [0.29, 0.717) is 0 Å². The maximum Gasteiger partial charge on any atom is 0.418 e. The van der Waals surface area contributed by atoms with Gasteiger partial charge in [-0.05, 0) is 6.07 Å². The Morgan fingerprint density at radius 1 is 1.25 bits per heavy atom. The maximum atomic E-state index is 12.1. The largest absolute Gasteiger partial charge is 0.418 e. The molecule has 0 unspecified atom stereocenters. The van der Waals surface area contributed by atoms with Gasteiger partial charge in [-0.15, -0.1) is 0 Å². The number of nitrogen functional groups attached to an aromatic ring is 1. The van der Waals surface area contributed by atoms with Crippen molar-refractivity contribution in [2.24, 2.45) is 0 Å². The maximum absolute atomic E-state index is 12.1. The van der Waals surface area contributed by atoms with Gasteiger partial charge >= 0.3 is 6.18 Å². The first kappa shape index (κ1) is 8.97. The second-order valence-corrected chi connectivity index (χ2v) is 2.34. The van der Waals surface area contributed by atoms with Crippen molar-refractivity contribution in [1.82, 2.24) is 0 Å². The zero-order valence-corrected chi connectivity index (χ0v) is 6.02. The van der Waals surface area contributed by atoms with Crippen LogP contribution in [-0.2, 0) is 6.18 Å². The lowest BCUT2D eigenvalue weighted by atomic mass is 9.93. The van der Waals surface area contributed by atoms with Crippen LogP contribution in [-0.4, -0.2) is 7.85 Å². The minimum Gasteiger partial charge on any atom is -0.398 e. The molecule has 0 saturated carbocycles. The van der Waals surface area contributed by atoms with E-state index in [9.17, 15) is 13.2 Å². The lowest BCUT2D eigenvalue weighted by Crippen LogP contribution is -2.13. The molecule has 2 N–H and O–H groups in total. The molecule has 5 heteroatoms. The molecular weight excluding hydrogens is 166 g/mol.